The number of phosphoric ester groups is 1. The maximum atomic E-state index is 12.8. The van der Waals surface area contributed by atoms with Crippen molar-refractivity contribution in [3.05, 3.63) is 60.8 Å². The van der Waals surface area contributed by atoms with Crippen molar-refractivity contribution in [1.29, 1.82) is 0 Å². The quantitative estimate of drug-likeness (QED) is 0.0264. The molecule has 0 saturated carbocycles. The molecule has 0 rings (SSSR count). The van der Waals surface area contributed by atoms with E-state index in [-0.39, 0.29) is 38.6 Å². The minimum absolute atomic E-state index is 0.0555. The first kappa shape index (κ1) is 79.7. The van der Waals surface area contributed by atoms with Gasteiger partial charge in [0.15, 0.2) is 6.10 Å². The zero-order valence-electron chi connectivity index (χ0n) is 54.0. The van der Waals surface area contributed by atoms with Crippen LogP contribution in [0.2, 0.25) is 0 Å². The fraction of sp³-hybridized carbons (Fsp3) is 0.833. The fourth-order valence-electron chi connectivity index (χ4n) is 10.5. The molecule has 0 fully saturated rings. The van der Waals surface area contributed by atoms with Gasteiger partial charge in [-0.25, -0.2) is 4.57 Å². The van der Waals surface area contributed by atoms with Crippen LogP contribution in [0, 0.1) is 0 Å². The first-order chi connectivity index (χ1) is 40.3. The molecule has 0 aromatic carbocycles. The Labute approximate surface area is 508 Å². The third-order valence-corrected chi connectivity index (χ3v) is 16.7. The van der Waals surface area contributed by atoms with Gasteiger partial charge in [-0.3, -0.25) is 18.6 Å². The molecule has 0 radical (unpaired) electrons. The predicted octanol–water partition coefficient (Wildman–Crippen LogP) is 23.0. The summed E-state index contributed by atoms with van der Waals surface area (Å²) in [5, 5.41) is 0. The van der Waals surface area contributed by atoms with Gasteiger partial charge >= 0.3 is 19.8 Å². The van der Waals surface area contributed by atoms with Crippen molar-refractivity contribution in [3.63, 3.8) is 0 Å². The Bertz CT molecular complexity index is 1530. The second-order valence-electron chi connectivity index (χ2n) is 23.7. The number of hydrogen-bond acceptors (Lipinski definition) is 8. The van der Waals surface area contributed by atoms with Gasteiger partial charge in [-0.05, 0) is 57.8 Å². The van der Waals surface area contributed by atoms with E-state index in [2.05, 4.69) is 74.6 Å². The van der Waals surface area contributed by atoms with E-state index in [1.165, 1.54) is 257 Å². The SMILES string of the molecule is CC/C=C\C/C=C\C/C=C\C/C=C\C/C=C\CCCCCCCCCCCCCCCCCCCCCCCC(=O)OC(COC(=O)CCCCCCCCCCCCCCCCCCCCCCCCCC)COP(=O)(O)OCCN. The Kier molecular flexibility index (Phi) is 65.9. The van der Waals surface area contributed by atoms with Gasteiger partial charge in [-0.15, -0.1) is 0 Å². The van der Waals surface area contributed by atoms with Crippen LogP contribution in [-0.4, -0.2) is 49.3 Å². The van der Waals surface area contributed by atoms with Crippen molar-refractivity contribution in [2.24, 2.45) is 5.73 Å². The highest BCUT2D eigenvalue weighted by Crippen LogP contribution is 2.43. The molecule has 10 heteroatoms. The van der Waals surface area contributed by atoms with Gasteiger partial charge in [0.05, 0.1) is 13.2 Å². The number of rotatable bonds is 67. The summed E-state index contributed by atoms with van der Waals surface area (Å²) in [5.41, 5.74) is 5.40. The van der Waals surface area contributed by atoms with Crippen molar-refractivity contribution < 1.29 is 37.6 Å². The number of unbranched alkanes of at least 4 members (excludes halogenated alkanes) is 44. The smallest absolute Gasteiger partial charge is 0.462 e. The number of nitrogens with two attached hydrogens (primary N) is 1. The molecule has 0 aromatic rings. The molecular weight excluding hydrogens is 1040 g/mol. The van der Waals surface area contributed by atoms with Crippen LogP contribution in [0.15, 0.2) is 60.8 Å². The van der Waals surface area contributed by atoms with E-state index in [0.717, 1.165) is 64.2 Å². The summed E-state index contributed by atoms with van der Waals surface area (Å²) in [6.45, 7) is 3.70. The summed E-state index contributed by atoms with van der Waals surface area (Å²) in [7, 11) is -4.39. The van der Waals surface area contributed by atoms with E-state index in [0.29, 0.717) is 6.42 Å². The van der Waals surface area contributed by atoms with E-state index in [9.17, 15) is 19.0 Å². The highest BCUT2D eigenvalue weighted by molar-refractivity contribution is 7.47. The number of hydrogen-bond donors (Lipinski definition) is 2. The molecular formula is C72H134NO8P. The number of ether oxygens (including phenoxy) is 2. The molecule has 0 spiro atoms. The lowest BCUT2D eigenvalue weighted by atomic mass is 10.0. The molecule has 0 aliphatic heterocycles. The Morgan fingerprint density at radius 1 is 0.378 bits per heavy atom. The summed E-state index contributed by atoms with van der Waals surface area (Å²) in [6.07, 6.45) is 87.5. The first-order valence-electron chi connectivity index (χ1n) is 35.3. The molecule has 480 valence electrons. The molecule has 82 heavy (non-hydrogen) atoms. The van der Waals surface area contributed by atoms with E-state index in [1.54, 1.807) is 0 Å². The molecule has 2 atom stereocenters. The number of carbonyl (C=O) groups is 2. The Morgan fingerprint density at radius 3 is 1.00 bits per heavy atom. The molecule has 0 aromatic heterocycles. The lowest BCUT2D eigenvalue weighted by Gasteiger charge is -2.19. The van der Waals surface area contributed by atoms with Crippen LogP contribution >= 0.6 is 7.82 Å². The topological polar surface area (TPSA) is 134 Å². The number of esters is 2. The lowest BCUT2D eigenvalue weighted by Crippen LogP contribution is -2.29. The van der Waals surface area contributed by atoms with Crippen molar-refractivity contribution in [3.8, 4) is 0 Å². The maximum Gasteiger partial charge on any atom is 0.472 e. The third kappa shape index (κ3) is 66.8. The van der Waals surface area contributed by atoms with E-state index in [4.69, 9.17) is 24.3 Å². The third-order valence-electron chi connectivity index (χ3n) is 15.7. The Hall–Kier alpha value is -2.29. The van der Waals surface area contributed by atoms with Crippen molar-refractivity contribution >= 4 is 19.8 Å². The van der Waals surface area contributed by atoms with E-state index >= 15 is 0 Å². The molecule has 0 aliphatic carbocycles. The van der Waals surface area contributed by atoms with Crippen molar-refractivity contribution in [2.45, 2.75) is 360 Å². The number of allylic oxidation sites excluding steroid dienone is 10. The van der Waals surface area contributed by atoms with Gasteiger partial charge < -0.3 is 20.1 Å². The largest absolute Gasteiger partial charge is 0.472 e. The van der Waals surface area contributed by atoms with Crippen LogP contribution in [0.1, 0.15) is 354 Å². The average Bonchev–Trinajstić information content (AvgIpc) is 3.48. The standard InChI is InChI=1S/C72H134NO8P/c1-3-5-7-9-11-13-15-17-19-21-23-25-27-29-30-31-32-33-34-35-36-37-38-39-40-41-43-45-47-49-51-53-55-57-59-61-63-65-72(75)81-70(69-80-82(76,77)79-67-66-73)68-78-71(74)64-62-60-58-56-54-52-50-48-46-44-42-28-26-24-22-20-18-16-14-12-10-8-6-4-2/h5,7,11,13,17,19,23,25,29-30,70H,3-4,6,8-10,12,14-16,18,20-22,24,26-28,31-69,73H2,1-2H3,(H,76,77)/b7-5-,13-11-,19-17-,25-23-,30-29-. The zero-order chi connectivity index (χ0) is 59.4. The molecule has 0 amide bonds. The molecule has 3 N–H and O–H groups in total. The van der Waals surface area contributed by atoms with Gasteiger partial charge in [0.1, 0.15) is 6.61 Å². The maximum absolute atomic E-state index is 12.8. The molecule has 9 nitrogen and oxygen atoms in total. The monoisotopic (exact) mass is 1170 g/mol. The Balaban J connectivity index is 3.81. The van der Waals surface area contributed by atoms with Crippen LogP contribution in [0.25, 0.3) is 0 Å². The van der Waals surface area contributed by atoms with Gasteiger partial charge in [-0.1, -0.05) is 344 Å². The van der Waals surface area contributed by atoms with E-state index < -0.39 is 26.5 Å². The van der Waals surface area contributed by atoms with Crippen LogP contribution in [0.4, 0.5) is 0 Å². The Morgan fingerprint density at radius 2 is 0.671 bits per heavy atom. The molecule has 0 saturated heterocycles. The molecule has 0 bridgehead atoms. The van der Waals surface area contributed by atoms with E-state index in [1.807, 2.05) is 0 Å². The predicted molar refractivity (Wildman–Crippen MR) is 353 cm³/mol. The molecule has 0 aliphatic rings. The highest BCUT2D eigenvalue weighted by Gasteiger charge is 2.26. The van der Waals surface area contributed by atoms with Gasteiger partial charge in [-0.2, -0.15) is 0 Å². The molecule has 0 heterocycles. The van der Waals surface area contributed by atoms with Crippen LogP contribution in [0.5, 0.6) is 0 Å². The van der Waals surface area contributed by atoms with Crippen LogP contribution < -0.4 is 5.73 Å². The normalized spacial score (nSPS) is 13.3. The van der Waals surface area contributed by atoms with Gasteiger partial charge in [0, 0.05) is 19.4 Å². The summed E-state index contributed by atoms with van der Waals surface area (Å²) in [4.78, 5) is 35.3. The number of phosphoric acid groups is 1. The van der Waals surface area contributed by atoms with Crippen molar-refractivity contribution in [1.82, 2.24) is 0 Å². The van der Waals surface area contributed by atoms with Crippen LogP contribution in [-0.2, 0) is 32.7 Å². The minimum atomic E-state index is -4.39. The van der Waals surface area contributed by atoms with Gasteiger partial charge in [0.25, 0.3) is 0 Å². The average molecular weight is 1170 g/mol. The summed E-state index contributed by atoms with van der Waals surface area (Å²) < 4.78 is 33.2. The second kappa shape index (κ2) is 67.8. The summed E-state index contributed by atoms with van der Waals surface area (Å²) in [5.74, 6) is -0.806. The second-order valence-corrected chi connectivity index (χ2v) is 25.2. The zero-order valence-corrected chi connectivity index (χ0v) is 54.9. The lowest BCUT2D eigenvalue weighted by molar-refractivity contribution is -0.161. The highest BCUT2D eigenvalue weighted by atomic mass is 31.2. The van der Waals surface area contributed by atoms with Crippen LogP contribution in [0.3, 0.4) is 0 Å². The minimum Gasteiger partial charge on any atom is -0.462 e. The van der Waals surface area contributed by atoms with Gasteiger partial charge in [0.2, 0.25) is 0 Å². The number of carbonyl (C=O) groups excluding carboxylic acids is 2. The summed E-state index contributed by atoms with van der Waals surface area (Å²) >= 11 is 0. The van der Waals surface area contributed by atoms with Crippen molar-refractivity contribution in [2.75, 3.05) is 26.4 Å². The summed E-state index contributed by atoms with van der Waals surface area (Å²) in [6, 6.07) is 0. The fourth-order valence-corrected chi connectivity index (χ4v) is 11.3. The first-order valence-corrected chi connectivity index (χ1v) is 36.8. The molecule has 2 unspecified atom stereocenters.